The predicted molar refractivity (Wildman–Crippen MR) is 219 cm³/mol. The molecular formula is C44H54N8O5. The lowest BCUT2D eigenvalue weighted by Gasteiger charge is -2.47. The number of methoxy groups -OCH3 is 1. The number of carbonyl (C=O) groups excluding carboxylic acids is 4. The van der Waals surface area contributed by atoms with Crippen LogP contribution >= 0.6 is 0 Å². The van der Waals surface area contributed by atoms with Crippen LogP contribution in [0.3, 0.4) is 0 Å². The van der Waals surface area contributed by atoms with Gasteiger partial charge in [0.15, 0.2) is 0 Å². The summed E-state index contributed by atoms with van der Waals surface area (Å²) in [6, 6.07) is 14.7. The van der Waals surface area contributed by atoms with Gasteiger partial charge < -0.3 is 19.9 Å². The van der Waals surface area contributed by atoms with Crippen LogP contribution in [0.2, 0.25) is 0 Å². The van der Waals surface area contributed by atoms with Crippen LogP contribution in [0.5, 0.6) is 5.75 Å². The van der Waals surface area contributed by atoms with Crippen molar-refractivity contribution in [1.82, 2.24) is 29.9 Å². The van der Waals surface area contributed by atoms with Crippen molar-refractivity contribution in [2.45, 2.75) is 84.1 Å². The van der Waals surface area contributed by atoms with E-state index >= 15 is 0 Å². The quantitative estimate of drug-likeness (QED) is 0.187. The monoisotopic (exact) mass is 774 g/mol. The van der Waals surface area contributed by atoms with E-state index in [2.05, 4.69) is 31.4 Å². The Balaban J connectivity index is 0.783. The van der Waals surface area contributed by atoms with Crippen molar-refractivity contribution >= 4 is 46.0 Å². The summed E-state index contributed by atoms with van der Waals surface area (Å²) in [5, 5.41) is 11.3. The van der Waals surface area contributed by atoms with Gasteiger partial charge in [0.2, 0.25) is 5.91 Å². The highest BCUT2D eigenvalue weighted by Crippen LogP contribution is 2.42. The molecule has 0 unspecified atom stereocenters. The maximum atomic E-state index is 13.6. The number of fused-ring (bicyclic) bond motifs is 1. The number of likely N-dealkylation sites (tertiary alicyclic amines) is 2. The average molecular weight is 775 g/mol. The largest absolute Gasteiger partial charge is 0.494 e. The Labute approximate surface area is 334 Å². The van der Waals surface area contributed by atoms with Crippen LogP contribution in [0.25, 0.3) is 10.9 Å². The minimum Gasteiger partial charge on any atom is -0.494 e. The van der Waals surface area contributed by atoms with Crippen molar-refractivity contribution in [3.05, 3.63) is 77.2 Å². The molecule has 300 valence electrons. The lowest BCUT2D eigenvalue weighted by molar-refractivity contribution is -0.120. The third-order valence-corrected chi connectivity index (χ3v) is 13.1. The smallest absolute Gasteiger partial charge is 0.328 e. The molecule has 13 heteroatoms. The van der Waals surface area contributed by atoms with E-state index in [1.165, 1.54) is 32.1 Å². The number of nitrogens with zero attached hydrogens (tertiary/aromatic N) is 6. The molecule has 5 heterocycles. The molecule has 4 aromatic rings. The molecule has 1 aliphatic carbocycles. The second-order valence-corrected chi connectivity index (χ2v) is 16.7. The van der Waals surface area contributed by atoms with Gasteiger partial charge in [-0.25, -0.2) is 9.78 Å². The Morgan fingerprint density at radius 2 is 1.68 bits per heavy atom. The van der Waals surface area contributed by atoms with Gasteiger partial charge in [-0.05, 0) is 138 Å². The number of rotatable bonds is 9. The highest BCUT2D eigenvalue weighted by molar-refractivity contribution is 6.07. The van der Waals surface area contributed by atoms with Gasteiger partial charge in [0, 0.05) is 60.6 Å². The highest BCUT2D eigenvalue weighted by Gasteiger charge is 2.39. The first-order valence-corrected chi connectivity index (χ1v) is 20.6. The van der Waals surface area contributed by atoms with Gasteiger partial charge in [0.25, 0.3) is 11.8 Å². The summed E-state index contributed by atoms with van der Waals surface area (Å²) in [6.45, 7) is 9.01. The number of urea groups is 1. The lowest BCUT2D eigenvalue weighted by Crippen LogP contribution is -2.50. The zero-order valence-electron chi connectivity index (χ0n) is 33.4. The van der Waals surface area contributed by atoms with Crippen LogP contribution in [0.1, 0.15) is 102 Å². The van der Waals surface area contributed by atoms with Gasteiger partial charge in [0.1, 0.15) is 11.4 Å². The van der Waals surface area contributed by atoms with Gasteiger partial charge in [0.05, 0.1) is 24.4 Å². The molecule has 8 rings (SSSR count). The molecule has 2 N–H and O–H groups in total. The molecule has 2 aromatic carbocycles. The fourth-order valence-electron chi connectivity index (χ4n) is 9.39. The Kier molecular flexibility index (Phi) is 11.0. The van der Waals surface area contributed by atoms with Crippen LogP contribution < -0.4 is 20.3 Å². The van der Waals surface area contributed by atoms with Gasteiger partial charge >= 0.3 is 6.03 Å². The van der Waals surface area contributed by atoms with E-state index in [-0.39, 0.29) is 24.1 Å². The summed E-state index contributed by atoms with van der Waals surface area (Å²) in [5.41, 5.74) is 5.09. The summed E-state index contributed by atoms with van der Waals surface area (Å²) >= 11 is 0. The first kappa shape index (κ1) is 38.6. The minimum absolute atomic E-state index is 0.0134. The molecule has 3 saturated heterocycles. The SMILES string of the molecule is COc1cc2nn(C3CCC(CCN4CCC5(CC4)CCN(C(=O)c4ccc(C)c(N6CCC(=O)NC6=O)c4)CC5)CC3)cc2cc1NC(=O)c1cccc(C)n1. The number of hydrogen-bond donors (Lipinski definition) is 2. The van der Waals surface area contributed by atoms with Gasteiger partial charge in [-0.3, -0.25) is 29.3 Å². The van der Waals surface area contributed by atoms with Crippen molar-refractivity contribution in [2.75, 3.05) is 56.6 Å². The van der Waals surface area contributed by atoms with Crippen LogP contribution in [0.4, 0.5) is 16.2 Å². The molecule has 3 aliphatic heterocycles. The molecule has 1 saturated carbocycles. The standard InChI is InChI=1S/C44H54N8O5/c1-29-7-10-32(26-38(29)51-20-14-40(53)47-43(51)56)42(55)50-23-17-44(18-24-50)15-21-49(22-16-44)19-13-31-8-11-34(12-9-31)52-28-33-25-37(39(57-3)27-36(33)48-52)46-41(54)35-6-4-5-30(2)45-35/h4-7,10,25-28,31,34H,8-9,11-24H2,1-3H3,(H,46,54)(H,47,53,56). The maximum Gasteiger partial charge on any atom is 0.328 e. The number of ether oxygens (including phenoxy) is 1. The average Bonchev–Trinajstić information content (AvgIpc) is 3.64. The number of aromatic nitrogens is 3. The summed E-state index contributed by atoms with van der Waals surface area (Å²) in [4.78, 5) is 61.3. The van der Waals surface area contributed by atoms with Crippen LogP contribution in [-0.4, -0.2) is 94.7 Å². The Bertz CT molecular complexity index is 2160. The Morgan fingerprint density at radius 1 is 0.930 bits per heavy atom. The molecule has 1 spiro atoms. The summed E-state index contributed by atoms with van der Waals surface area (Å²) in [7, 11) is 1.60. The minimum atomic E-state index is -0.434. The van der Waals surface area contributed by atoms with Gasteiger partial charge in [-0.2, -0.15) is 5.10 Å². The molecule has 0 bridgehead atoms. The Morgan fingerprint density at radius 3 is 2.40 bits per heavy atom. The van der Waals surface area contributed by atoms with Crippen molar-refractivity contribution in [3.63, 3.8) is 0 Å². The number of imide groups is 1. The maximum absolute atomic E-state index is 13.6. The summed E-state index contributed by atoms with van der Waals surface area (Å²) in [5.74, 6) is 0.765. The number of nitrogens with one attached hydrogen (secondary N) is 2. The number of anilines is 2. The fraction of sp³-hybridized carbons (Fsp3) is 0.500. The van der Waals surface area contributed by atoms with E-state index in [1.807, 2.05) is 61.2 Å². The first-order valence-electron chi connectivity index (χ1n) is 20.6. The molecule has 0 radical (unpaired) electrons. The van der Waals surface area contributed by atoms with E-state index in [4.69, 9.17) is 9.84 Å². The Hall–Kier alpha value is -5.30. The van der Waals surface area contributed by atoms with Crippen LogP contribution in [0.15, 0.2) is 54.7 Å². The van der Waals surface area contributed by atoms with Crippen LogP contribution in [-0.2, 0) is 4.79 Å². The second kappa shape index (κ2) is 16.3. The van der Waals surface area contributed by atoms with Crippen molar-refractivity contribution in [3.8, 4) is 5.75 Å². The second-order valence-electron chi connectivity index (χ2n) is 16.7. The van der Waals surface area contributed by atoms with Gasteiger partial charge in [-0.15, -0.1) is 0 Å². The highest BCUT2D eigenvalue weighted by atomic mass is 16.5. The van der Waals surface area contributed by atoms with E-state index < -0.39 is 6.03 Å². The van der Waals surface area contributed by atoms with Crippen LogP contribution in [0, 0.1) is 25.2 Å². The van der Waals surface area contributed by atoms with Crippen molar-refractivity contribution in [1.29, 1.82) is 0 Å². The molecule has 4 fully saturated rings. The third-order valence-electron chi connectivity index (χ3n) is 13.1. The third kappa shape index (κ3) is 8.39. The van der Waals surface area contributed by atoms with E-state index in [1.54, 1.807) is 18.1 Å². The van der Waals surface area contributed by atoms with Crippen molar-refractivity contribution in [2.24, 2.45) is 11.3 Å². The number of piperidine rings is 2. The van der Waals surface area contributed by atoms with E-state index in [9.17, 15) is 19.2 Å². The van der Waals surface area contributed by atoms with Gasteiger partial charge in [-0.1, -0.05) is 12.1 Å². The number of hydrogen-bond acceptors (Lipinski definition) is 8. The number of benzene rings is 2. The molecule has 4 aliphatic rings. The molecule has 2 aromatic heterocycles. The molecule has 0 atom stereocenters. The summed E-state index contributed by atoms with van der Waals surface area (Å²) < 4.78 is 7.75. The molecule has 5 amide bonds. The molecular weight excluding hydrogens is 721 g/mol. The molecule has 13 nitrogen and oxygen atoms in total. The van der Waals surface area contributed by atoms with Crippen molar-refractivity contribution < 1.29 is 23.9 Å². The topological polar surface area (TPSA) is 142 Å². The number of pyridine rings is 1. The number of amides is 5. The zero-order valence-corrected chi connectivity index (χ0v) is 33.4. The number of carbonyl (C=O) groups is 4. The van der Waals surface area contributed by atoms with E-state index in [0.717, 1.165) is 86.5 Å². The normalized spacial score (nSPS) is 21.5. The lowest BCUT2D eigenvalue weighted by atomic mass is 9.71. The molecule has 57 heavy (non-hydrogen) atoms. The zero-order chi connectivity index (χ0) is 39.7. The number of aryl methyl sites for hydroxylation is 2. The predicted octanol–water partition coefficient (Wildman–Crippen LogP) is 6.90. The van der Waals surface area contributed by atoms with E-state index in [0.29, 0.717) is 46.4 Å². The fourth-order valence-corrected chi connectivity index (χ4v) is 9.39. The first-order chi connectivity index (χ1) is 27.6. The summed E-state index contributed by atoms with van der Waals surface area (Å²) in [6.07, 6.45) is 12.6.